The molecule has 0 spiro atoms. The second-order valence-electron chi connectivity index (χ2n) is 8.16. The van der Waals surface area contributed by atoms with Crippen LogP contribution < -0.4 is 5.32 Å². The van der Waals surface area contributed by atoms with Gasteiger partial charge in [-0.1, -0.05) is 30.7 Å². The van der Waals surface area contributed by atoms with Gasteiger partial charge in [0.25, 0.3) is 0 Å². The first-order valence-electron chi connectivity index (χ1n) is 9.21. The predicted octanol–water partition coefficient (Wildman–Crippen LogP) is 4.48. The van der Waals surface area contributed by atoms with E-state index in [9.17, 15) is 0 Å². The average Bonchev–Trinajstić information content (AvgIpc) is 2.97. The lowest BCUT2D eigenvalue weighted by Gasteiger charge is -2.32. The van der Waals surface area contributed by atoms with Crippen LogP contribution in [0, 0.1) is 23.7 Å². The van der Waals surface area contributed by atoms with E-state index in [1.807, 2.05) is 0 Å². The largest absolute Gasteiger partial charge is 0.310 e. The molecule has 112 valence electrons. The zero-order valence-corrected chi connectivity index (χ0v) is 12.9. The molecular weight excluding hydrogens is 254 g/mol. The van der Waals surface area contributed by atoms with Crippen molar-refractivity contribution in [1.29, 1.82) is 0 Å². The van der Waals surface area contributed by atoms with Crippen LogP contribution in [0.25, 0.3) is 0 Å². The molecule has 1 nitrogen and oxygen atoms in total. The molecule has 0 aromatic heterocycles. The topological polar surface area (TPSA) is 12.0 Å². The van der Waals surface area contributed by atoms with Crippen molar-refractivity contribution in [2.24, 2.45) is 23.7 Å². The van der Waals surface area contributed by atoms with E-state index in [0.29, 0.717) is 0 Å². The van der Waals surface area contributed by atoms with Gasteiger partial charge in [-0.05, 0) is 79.2 Å². The maximum atomic E-state index is 3.91. The maximum Gasteiger partial charge on any atom is 0.0208 e. The molecule has 1 aromatic carbocycles. The van der Waals surface area contributed by atoms with Gasteiger partial charge in [-0.25, -0.2) is 0 Å². The van der Waals surface area contributed by atoms with Crippen LogP contribution in [0.2, 0.25) is 0 Å². The van der Waals surface area contributed by atoms with Crippen LogP contribution in [0.15, 0.2) is 24.3 Å². The standard InChI is InChI=1S/C20H27N/c1-2-17-16-10-19(18(17)3-1)20(11-16)21-12-13-4-6-14(7-5-13)15-8-9-15/h4-7,15-21H,1-3,8-12H2. The predicted molar refractivity (Wildman–Crippen MR) is 86.1 cm³/mol. The van der Waals surface area contributed by atoms with Crippen LogP contribution in [-0.2, 0) is 6.54 Å². The van der Waals surface area contributed by atoms with Gasteiger partial charge in [0.05, 0.1) is 0 Å². The van der Waals surface area contributed by atoms with Crippen LogP contribution in [0.5, 0.6) is 0 Å². The molecule has 5 rings (SSSR count). The van der Waals surface area contributed by atoms with Gasteiger partial charge in [0.1, 0.15) is 0 Å². The summed E-state index contributed by atoms with van der Waals surface area (Å²) in [7, 11) is 0. The van der Waals surface area contributed by atoms with E-state index >= 15 is 0 Å². The number of fused-ring (bicyclic) bond motifs is 5. The average molecular weight is 281 g/mol. The summed E-state index contributed by atoms with van der Waals surface area (Å²) < 4.78 is 0. The molecule has 4 aliphatic carbocycles. The Morgan fingerprint density at radius 2 is 1.67 bits per heavy atom. The zero-order chi connectivity index (χ0) is 13.8. The van der Waals surface area contributed by atoms with E-state index < -0.39 is 0 Å². The first-order chi connectivity index (χ1) is 10.4. The molecule has 0 saturated heterocycles. The van der Waals surface area contributed by atoms with Crippen molar-refractivity contribution < 1.29 is 0 Å². The maximum absolute atomic E-state index is 3.91. The fourth-order valence-electron chi connectivity index (χ4n) is 5.88. The highest BCUT2D eigenvalue weighted by Crippen LogP contribution is 2.58. The summed E-state index contributed by atoms with van der Waals surface area (Å²) in [5.74, 6) is 5.16. The van der Waals surface area contributed by atoms with Gasteiger partial charge in [0.2, 0.25) is 0 Å². The quantitative estimate of drug-likeness (QED) is 0.858. The molecule has 4 aliphatic rings. The van der Waals surface area contributed by atoms with Gasteiger partial charge in [-0.3, -0.25) is 0 Å². The van der Waals surface area contributed by atoms with Crippen molar-refractivity contribution >= 4 is 0 Å². The summed E-state index contributed by atoms with van der Waals surface area (Å²) >= 11 is 0. The fraction of sp³-hybridized carbons (Fsp3) is 0.700. The van der Waals surface area contributed by atoms with Gasteiger partial charge >= 0.3 is 0 Å². The summed E-state index contributed by atoms with van der Waals surface area (Å²) in [5, 5.41) is 3.91. The lowest BCUT2D eigenvalue weighted by Crippen LogP contribution is -2.38. The van der Waals surface area contributed by atoms with Crippen LogP contribution in [0.4, 0.5) is 0 Å². The molecule has 4 fully saturated rings. The molecule has 2 bridgehead atoms. The first-order valence-corrected chi connectivity index (χ1v) is 9.21. The van der Waals surface area contributed by atoms with Gasteiger partial charge < -0.3 is 5.32 Å². The minimum absolute atomic E-state index is 0.817. The number of hydrogen-bond acceptors (Lipinski definition) is 1. The molecule has 5 atom stereocenters. The van der Waals surface area contributed by atoms with Crippen LogP contribution >= 0.6 is 0 Å². The SMILES string of the molecule is c1cc(C2CC2)ccc1CNC1CC2CC1C1CCCC21. The van der Waals surface area contributed by atoms with E-state index in [0.717, 1.165) is 42.2 Å². The normalized spacial score (nSPS) is 40.7. The zero-order valence-electron chi connectivity index (χ0n) is 12.9. The minimum atomic E-state index is 0.817. The Kier molecular flexibility index (Phi) is 2.93. The van der Waals surface area contributed by atoms with Gasteiger partial charge in [-0.2, -0.15) is 0 Å². The van der Waals surface area contributed by atoms with E-state index in [1.54, 1.807) is 12.0 Å². The molecule has 0 amide bonds. The Hall–Kier alpha value is -0.820. The van der Waals surface area contributed by atoms with Crippen LogP contribution in [0.1, 0.15) is 62.0 Å². The van der Waals surface area contributed by atoms with Gasteiger partial charge in [-0.15, -0.1) is 0 Å². The molecule has 1 aromatic rings. The van der Waals surface area contributed by atoms with E-state index in [2.05, 4.69) is 29.6 Å². The summed E-state index contributed by atoms with van der Waals surface area (Å²) in [4.78, 5) is 0. The van der Waals surface area contributed by atoms with Gasteiger partial charge in [0, 0.05) is 12.6 Å². The second-order valence-corrected chi connectivity index (χ2v) is 8.16. The lowest BCUT2D eigenvalue weighted by atomic mass is 9.79. The first kappa shape index (κ1) is 12.7. The molecular formula is C20H27N. The Morgan fingerprint density at radius 3 is 2.48 bits per heavy atom. The summed E-state index contributed by atoms with van der Waals surface area (Å²) in [6, 6.07) is 10.3. The van der Waals surface area contributed by atoms with Crippen molar-refractivity contribution in [3.05, 3.63) is 35.4 Å². The molecule has 5 unspecified atom stereocenters. The molecule has 21 heavy (non-hydrogen) atoms. The van der Waals surface area contributed by atoms with Crippen molar-refractivity contribution in [3.8, 4) is 0 Å². The number of hydrogen-bond donors (Lipinski definition) is 1. The van der Waals surface area contributed by atoms with E-state index in [1.165, 1.54) is 44.1 Å². The third kappa shape index (κ3) is 2.16. The molecule has 0 radical (unpaired) electrons. The number of nitrogens with one attached hydrogen (secondary N) is 1. The molecule has 1 N–H and O–H groups in total. The second kappa shape index (κ2) is 4.84. The number of rotatable bonds is 4. The van der Waals surface area contributed by atoms with E-state index in [4.69, 9.17) is 0 Å². The Balaban J connectivity index is 1.21. The summed E-state index contributed by atoms with van der Waals surface area (Å²) in [6.45, 7) is 1.08. The molecule has 0 aliphatic heterocycles. The van der Waals surface area contributed by atoms with Crippen molar-refractivity contribution in [1.82, 2.24) is 5.32 Å². The Labute approximate surface area is 128 Å². The van der Waals surface area contributed by atoms with Crippen LogP contribution in [-0.4, -0.2) is 6.04 Å². The Bertz CT molecular complexity index is 515. The Morgan fingerprint density at radius 1 is 0.857 bits per heavy atom. The third-order valence-electron chi connectivity index (χ3n) is 7.03. The summed E-state index contributed by atoms with van der Waals surface area (Å²) in [5.41, 5.74) is 3.04. The highest BCUT2D eigenvalue weighted by atomic mass is 14.9. The van der Waals surface area contributed by atoms with Crippen molar-refractivity contribution in [3.63, 3.8) is 0 Å². The van der Waals surface area contributed by atoms with Gasteiger partial charge in [0.15, 0.2) is 0 Å². The highest BCUT2D eigenvalue weighted by Gasteiger charge is 2.53. The summed E-state index contributed by atoms with van der Waals surface area (Å²) in [6.07, 6.45) is 10.4. The molecule has 1 heteroatoms. The molecule has 0 heterocycles. The van der Waals surface area contributed by atoms with Crippen molar-refractivity contribution in [2.45, 2.75) is 63.5 Å². The minimum Gasteiger partial charge on any atom is -0.310 e. The smallest absolute Gasteiger partial charge is 0.0208 e. The monoisotopic (exact) mass is 281 g/mol. The lowest BCUT2D eigenvalue weighted by molar-refractivity contribution is 0.208. The van der Waals surface area contributed by atoms with E-state index in [-0.39, 0.29) is 0 Å². The fourth-order valence-corrected chi connectivity index (χ4v) is 5.88. The highest BCUT2D eigenvalue weighted by molar-refractivity contribution is 5.28. The van der Waals surface area contributed by atoms with Crippen LogP contribution in [0.3, 0.4) is 0 Å². The van der Waals surface area contributed by atoms with Crippen molar-refractivity contribution in [2.75, 3.05) is 0 Å². The molecule has 4 saturated carbocycles. The third-order valence-corrected chi connectivity index (χ3v) is 7.03. The number of benzene rings is 1.